The second kappa shape index (κ2) is 10.0. The molecule has 1 fully saturated rings. The highest BCUT2D eigenvalue weighted by Gasteiger charge is 2.29. The van der Waals surface area contributed by atoms with Gasteiger partial charge >= 0.3 is 0 Å². The molecule has 2 aromatic rings. The second-order valence-electron chi connectivity index (χ2n) is 7.53. The fourth-order valence-corrected chi connectivity index (χ4v) is 3.66. The van der Waals surface area contributed by atoms with Crippen LogP contribution in [0.3, 0.4) is 0 Å². The van der Waals surface area contributed by atoms with Crippen LogP contribution in [0.15, 0.2) is 54.7 Å². The van der Waals surface area contributed by atoms with E-state index in [0.717, 1.165) is 43.5 Å². The Morgan fingerprint density at radius 3 is 2.68 bits per heavy atom. The molecule has 148 valence electrons. The zero-order chi connectivity index (χ0) is 19.8. The molecule has 2 amide bonds. The summed E-state index contributed by atoms with van der Waals surface area (Å²) < 4.78 is 0. The highest BCUT2D eigenvalue weighted by Crippen LogP contribution is 2.23. The minimum Gasteiger partial charge on any atom is -0.345 e. The van der Waals surface area contributed by atoms with Crippen LogP contribution in [0.2, 0.25) is 0 Å². The number of amides is 2. The minimum absolute atomic E-state index is 0.0378. The number of carbonyl (C=O) groups is 2. The lowest BCUT2D eigenvalue weighted by Gasteiger charge is -2.25. The first-order chi connectivity index (χ1) is 13.6. The number of hydrogen-bond donors (Lipinski definition) is 0. The SMILES string of the molecule is CN(CCc1ccccn1)C(=O)CC1CCCCN(Cc2ccccc2)C1=O. The maximum atomic E-state index is 13.0. The van der Waals surface area contributed by atoms with Crippen molar-refractivity contribution in [2.75, 3.05) is 20.1 Å². The Kier molecular flexibility index (Phi) is 7.18. The zero-order valence-corrected chi connectivity index (χ0v) is 16.6. The molecule has 5 nitrogen and oxygen atoms in total. The third kappa shape index (κ3) is 5.65. The van der Waals surface area contributed by atoms with E-state index in [9.17, 15) is 9.59 Å². The lowest BCUT2D eigenvalue weighted by Crippen LogP contribution is -2.38. The van der Waals surface area contributed by atoms with Gasteiger partial charge < -0.3 is 9.80 Å². The van der Waals surface area contributed by atoms with E-state index in [0.29, 0.717) is 19.5 Å². The lowest BCUT2D eigenvalue weighted by molar-refractivity contribution is -0.140. The molecule has 0 spiro atoms. The Hall–Kier alpha value is -2.69. The third-order valence-corrected chi connectivity index (χ3v) is 5.38. The van der Waals surface area contributed by atoms with Crippen LogP contribution < -0.4 is 0 Å². The first-order valence-corrected chi connectivity index (χ1v) is 10.1. The first kappa shape index (κ1) is 20.1. The van der Waals surface area contributed by atoms with Gasteiger partial charge in [0.05, 0.1) is 0 Å². The minimum atomic E-state index is -0.212. The molecule has 2 heterocycles. The van der Waals surface area contributed by atoms with Crippen LogP contribution in [0.5, 0.6) is 0 Å². The molecule has 0 saturated carbocycles. The van der Waals surface area contributed by atoms with Crippen molar-refractivity contribution in [1.82, 2.24) is 14.8 Å². The quantitative estimate of drug-likeness (QED) is 0.742. The summed E-state index contributed by atoms with van der Waals surface area (Å²) in [4.78, 5) is 33.7. The Balaban J connectivity index is 1.55. The molecule has 1 aromatic heterocycles. The van der Waals surface area contributed by atoms with Crippen LogP contribution in [-0.2, 0) is 22.6 Å². The van der Waals surface area contributed by atoms with E-state index >= 15 is 0 Å². The normalized spacial score (nSPS) is 17.2. The molecule has 28 heavy (non-hydrogen) atoms. The fourth-order valence-electron chi connectivity index (χ4n) is 3.66. The monoisotopic (exact) mass is 379 g/mol. The largest absolute Gasteiger partial charge is 0.345 e. The topological polar surface area (TPSA) is 53.5 Å². The summed E-state index contributed by atoms with van der Waals surface area (Å²) in [6.07, 6.45) is 5.57. The third-order valence-electron chi connectivity index (χ3n) is 5.38. The molecule has 0 bridgehead atoms. The summed E-state index contributed by atoms with van der Waals surface area (Å²) in [6, 6.07) is 15.9. The number of likely N-dealkylation sites (tertiary alicyclic amines) is 1. The van der Waals surface area contributed by atoms with Crippen molar-refractivity contribution in [3.63, 3.8) is 0 Å². The number of carbonyl (C=O) groups excluding carboxylic acids is 2. The summed E-state index contributed by atoms with van der Waals surface area (Å²) >= 11 is 0. The molecule has 1 aliphatic heterocycles. The van der Waals surface area contributed by atoms with Gasteiger partial charge in [-0.2, -0.15) is 0 Å². The lowest BCUT2D eigenvalue weighted by atomic mass is 9.97. The van der Waals surface area contributed by atoms with Crippen molar-refractivity contribution in [3.8, 4) is 0 Å². The molecule has 1 atom stereocenters. The molecule has 1 aliphatic rings. The summed E-state index contributed by atoms with van der Waals surface area (Å²) in [5, 5.41) is 0. The number of benzene rings is 1. The molecule has 5 heteroatoms. The van der Waals surface area contributed by atoms with Gasteiger partial charge in [-0.15, -0.1) is 0 Å². The van der Waals surface area contributed by atoms with Crippen molar-refractivity contribution in [2.24, 2.45) is 5.92 Å². The van der Waals surface area contributed by atoms with Gasteiger partial charge in [0.15, 0.2) is 0 Å². The van der Waals surface area contributed by atoms with Gasteiger partial charge in [-0.05, 0) is 30.5 Å². The van der Waals surface area contributed by atoms with Crippen molar-refractivity contribution in [2.45, 2.75) is 38.6 Å². The Morgan fingerprint density at radius 1 is 1.14 bits per heavy atom. The molecular weight excluding hydrogens is 350 g/mol. The maximum Gasteiger partial charge on any atom is 0.226 e. The highest BCUT2D eigenvalue weighted by atomic mass is 16.2. The molecule has 0 N–H and O–H groups in total. The van der Waals surface area contributed by atoms with E-state index in [1.165, 1.54) is 0 Å². The Labute approximate surface area is 167 Å². The number of hydrogen-bond acceptors (Lipinski definition) is 3. The highest BCUT2D eigenvalue weighted by molar-refractivity contribution is 5.86. The smallest absolute Gasteiger partial charge is 0.226 e. The van der Waals surface area contributed by atoms with Crippen LogP contribution in [0.25, 0.3) is 0 Å². The van der Waals surface area contributed by atoms with Crippen LogP contribution >= 0.6 is 0 Å². The first-order valence-electron chi connectivity index (χ1n) is 10.1. The van der Waals surface area contributed by atoms with Crippen LogP contribution in [0.4, 0.5) is 0 Å². The van der Waals surface area contributed by atoms with Gasteiger partial charge in [0.1, 0.15) is 0 Å². The van der Waals surface area contributed by atoms with E-state index in [2.05, 4.69) is 4.98 Å². The zero-order valence-electron chi connectivity index (χ0n) is 16.6. The standard InChI is InChI=1S/C23H29N3O2/c1-25(16-13-21-12-5-7-14-24-21)22(27)17-20-11-6-8-15-26(23(20)28)18-19-9-3-2-4-10-19/h2-5,7,9-10,12,14,20H,6,8,11,13,15-18H2,1H3. The van der Waals surface area contributed by atoms with Gasteiger partial charge in [-0.1, -0.05) is 42.8 Å². The van der Waals surface area contributed by atoms with Crippen molar-refractivity contribution in [3.05, 3.63) is 66.0 Å². The fraction of sp³-hybridized carbons (Fsp3) is 0.435. The van der Waals surface area contributed by atoms with E-state index in [4.69, 9.17) is 0 Å². The molecule has 1 aromatic carbocycles. The number of likely N-dealkylation sites (N-methyl/N-ethyl adjacent to an activating group) is 1. The van der Waals surface area contributed by atoms with E-state index in [1.54, 1.807) is 11.1 Å². The van der Waals surface area contributed by atoms with Gasteiger partial charge in [0.25, 0.3) is 0 Å². The van der Waals surface area contributed by atoms with E-state index in [1.807, 2.05) is 60.5 Å². The molecule has 3 rings (SSSR count). The molecule has 1 unspecified atom stereocenters. The summed E-state index contributed by atoms with van der Waals surface area (Å²) in [6.45, 7) is 2.01. The van der Waals surface area contributed by atoms with Crippen LogP contribution in [0.1, 0.15) is 36.9 Å². The Bertz CT molecular complexity index is 764. The number of rotatable bonds is 7. The van der Waals surface area contributed by atoms with E-state index < -0.39 is 0 Å². The number of pyridine rings is 1. The molecule has 1 saturated heterocycles. The van der Waals surface area contributed by atoms with Crippen molar-refractivity contribution in [1.29, 1.82) is 0 Å². The number of nitrogens with zero attached hydrogens (tertiary/aromatic N) is 3. The average molecular weight is 380 g/mol. The summed E-state index contributed by atoms with van der Waals surface area (Å²) in [5.41, 5.74) is 2.11. The van der Waals surface area contributed by atoms with E-state index in [-0.39, 0.29) is 17.7 Å². The number of aromatic nitrogens is 1. The van der Waals surface area contributed by atoms with Gasteiger partial charge in [-0.3, -0.25) is 14.6 Å². The van der Waals surface area contributed by atoms with Crippen molar-refractivity contribution < 1.29 is 9.59 Å². The predicted molar refractivity (Wildman–Crippen MR) is 109 cm³/mol. The predicted octanol–water partition coefficient (Wildman–Crippen LogP) is 3.30. The van der Waals surface area contributed by atoms with Gasteiger partial charge in [-0.25, -0.2) is 0 Å². The average Bonchev–Trinajstić information content (AvgIpc) is 2.89. The van der Waals surface area contributed by atoms with Crippen LogP contribution in [-0.4, -0.2) is 46.7 Å². The molecule has 0 aliphatic carbocycles. The van der Waals surface area contributed by atoms with Gasteiger partial charge in [0, 0.05) is 57.3 Å². The summed E-state index contributed by atoms with van der Waals surface area (Å²) in [7, 11) is 1.81. The maximum absolute atomic E-state index is 13.0. The summed E-state index contributed by atoms with van der Waals surface area (Å²) in [5.74, 6) is -0.0558. The molecular formula is C23H29N3O2. The molecule has 0 radical (unpaired) electrons. The van der Waals surface area contributed by atoms with Gasteiger partial charge in [0.2, 0.25) is 11.8 Å². The van der Waals surface area contributed by atoms with Crippen LogP contribution in [0, 0.1) is 5.92 Å². The van der Waals surface area contributed by atoms with Crippen molar-refractivity contribution >= 4 is 11.8 Å². The second-order valence-corrected chi connectivity index (χ2v) is 7.53. The Morgan fingerprint density at radius 2 is 1.93 bits per heavy atom.